The van der Waals surface area contributed by atoms with Gasteiger partial charge in [0.05, 0.1) is 0 Å². The molecule has 2 aromatic rings. The fourth-order valence-corrected chi connectivity index (χ4v) is 3.18. The molecule has 23 heavy (non-hydrogen) atoms. The van der Waals surface area contributed by atoms with Crippen molar-refractivity contribution in [2.45, 2.75) is 12.8 Å². The van der Waals surface area contributed by atoms with Crippen LogP contribution in [0.4, 0.5) is 0 Å². The molecule has 0 saturated heterocycles. The largest absolute Gasteiger partial charge is 0.362 e. The molecule has 4 rings (SSSR count). The first-order valence-electron chi connectivity index (χ1n) is 8.05. The summed E-state index contributed by atoms with van der Waals surface area (Å²) in [6.07, 6.45) is 12.9. The van der Waals surface area contributed by atoms with Crippen LogP contribution in [0.1, 0.15) is 16.7 Å². The molecule has 0 spiro atoms. The molecule has 112 valence electrons. The molecule has 1 aliphatic carbocycles. The van der Waals surface area contributed by atoms with Crippen LogP contribution >= 0.6 is 0 Å². The Balaban J connectivity index is 1.58. The summed E-state index contributed by atoms with van der Waals surface area (Å²) in [5.74, 6) is 0. The predicted molar refractivity (Wildman–Crippen MR) is 96.7 cm³/mol. The van der Waals surface area contributed by atoms with Gasteiger partial charge in [0.25, 0.3) is 0 Å². The highest BCUT2D eigenvalue weighted by Crippen LogP contribution is 2.30. The lowest BCUT2D eigenvalue weighted by molar-refractivity contribution is 1.06. The Morgan fingerprint density at radius 3 is 2.22 bits per heavy atom. The quantitative estimate of drug-likeness (QED) is 0.840. The Bertz CT molecular complexity index is 808. The molecule has 0 atom stereocenters. The molecular formula is C22H19N. The number of rotatable bonds is 2. The van der Waals surface area contributed by atoms with Crippen molar-refractivity contribution in [2.24, 2.45) is 0 Å². The van der Waals surface area contributed by atoms with Gasteiger partial charge in [-0.1, -0.05) is 66.2 Å². The lowest BCUT2D eigenvalue weighted by atomic mass is 10.0. The maximum Gasteiger partial charge on any atom is 0.0385 e. The first kappa shape index (κ1) is 13.8. The van der Waals surface area contributed by atoms with Crippen LogP contribution in [-0.2, 0) is 12.8 Å². The van der Waals surface area contributed by atoms with Crippen LogP contribution in [0, 0.1) is 0 Å². The van der Waals surface area contributed by atoms with Gasteiger partial charge in [-0.05, 0) is 53.3 Å². The van der Waals surface area contributed by atoms with E-state index in [1.165, 1.54) is 27.8 Å². The van der Waals surface area contributed by atoms with Gasteiger partial charge in [0.2, 0.25) is 0 Å². The Labute approximate surface area is 137 Å². The summed E-state index contributed by atoms with van der Waals surface area (Å²) < 4.78 is 0. The molecule has 1 heterocycles. The number of fused-ring (bicyclic) bond motifs is 1. The van der Waals surface area contributed by atoms with Crippen molar-refractivity contribution in [1.82, 2.24) is 5.32 Å². The smallest absolute Gasteiger partial charge is 0.0385 e. The molecule has 1 heteroatoms. The van der Waals surface area contributed by atoms with Gasteiger partial charge in [0, 0.05) is 11.9 Å². The summed E-state index contributed by atoms with van der Waals surface area (Å²) in [6.45, 7) is 0. The topological polar surface area (TPSA) is 12.0 Å². The minimum Gasteiger partial charge on any atom is -0.362 e. The zero-order valence-corrected chi connectivity index (χ0v) is 13.0. The lowest BCUT2D eigenvalue weighted by Crippen LogP contribution is -2.07. The van der Waals surface area contributed by atoms with E-state index in [4.69, 9.17) is 0 Å². The maximum atomic E-state index is 3.32. The molecule has 1 aliphatic heterocycles. The highest BCUT2D eigenvalue weighted by atomic mass is 14.8. The first-order valence-corrected chi connectivity index (χ1v) is 8.05. The van der Waals surface area contributed by atoms with E-state index in [0.29, 0.717) is 0 Å². The molecule has 0 fully saturated rings. The van der Waals surface area contributed by atoms with Crippen molar-refractivity contribution < 1.29 is 0 Å². The number of allylic oxidation sites excluding steroid dienone is 5. The summed E-state index contributed by atoms with van der Waals surface area (Å²) in [5, 5.41) is 3.32. The molecule has 1 nitrogen and oxygen atoms in total. The van der Waals surface area contributed by atoms with E-state index >= 15 is 0 Å². The normalized spacial score (nSPS) is 16.4. The fraction of sp³-hybridized carbons (Fsp3) is 0.0909. The second-order valence-electron chi connectivity index (χ2n) is 6.00. The highest BCUT2D eigenvalue weighted by molar-refractivity contribution is 5.56. The average molecular weight is 297 g/mol. The van der Waals surface area contributed by atoms with E-state index in [2.05, 4.69) is 78.2 Å². The molecule has 2 aromatic carbocycles. The minimum atomic E-state index is 1.07. The third-order valence-electron chi connectivity index (χ3n) is 4.41. The fourth-order valence-electron chi connectivity index (χ4n) is 3.18. The van der Waals surface area contributed by atoms with Crippen LogP contribution in [0.3, 0.4) is 0 Å². The van der Waals surface area contributed by atoms with E-state index < -0.39 is 0 Å². The molecule has 0 unspecified atom stereocenters. The molecule has 0 bridgehead atoms. The molecule has 0 saturated carbocycles. The van der Waals surface area contributed by atoms with Gasteiger partial charge in [-0.15, -0.1) is 0 Å². The average Bonchev–Trinajstić information content (AvgIpc) is 3.05. The standard InChI is InChI=1S/C22H19N/c1-2-6-17(7-3-1)10-11-22-16-20(12-13-23-22)21-14-18-8-4-5-9-19(18)15-21/h1-13,16,23H,14-15H2. The van der Waals surface area contributed by atoms with Crippen molar-refractivity contribution in [2.75, 3.05) is 0 Å². The number of nitrogens with one attached hydrogen (secondary N) is 1. The van der Waals surface area contributed by atoms with Crippen molar-refractivity contribution in [3.63, 3.8) is 0 Å². The predicted octanol–water partition coefficient (Wildman–Crippen LogP) is 4.80. The molecule has 0 radical (unpaired) electrons. The zero-order chi connectivity index (χ0) is 15.5. The van der Waals surface area contributed by atoms with Gasteiger partial charge < -0.3 is 5.32 Å². The SMILES string of the molecule is C1=CC(=C2Cc3ccccc3C2)C=C(C=Cc2ccccc2)N1. The zero-order valence-electron chi connectivity index (χ0n) is 13.0. The van der Waals surface area contributed by atoms with Crippen LogP contribution in [-0.4, -0.2) is 0 Å². The van der Waals surface area contributed by atoms with Crippen LogP contribution in [0.2, 0.25) is 0 Å². The van der Waals surface area contributed by atoms with Gasteiger partial charge in [-0.2, -0.15) is 0 Å². The molecule has 1 N–H and O–H groups in total. The van der Waals surface area contributed by atoms with Crippen LogP contribution in [0.15, 0.2) is 95.9 Å². The number of hydrogen-bond acceptors (Lipinski definition) is 1. The van der Waals surface area contributed by atoms with Crippen molar-refractivity contribution in [1.29, 1.82) is 0 Å². The monoisotopic (exact) mass is 297 g/mol. The number of dihydropyridines is 1. The van der Waals surface area contributed by atoms with Crippen LogP contribution in [0.5, 0.6) is 0 Å². The van der Waals surface area contributed by atoms with Gasteiger partial charge in [0.1, 0.15) is 0 Å². The summed E-state index contributed by atoms with van der Waals surface area (Å²) in [5.41, 5.74) is 8.14. The van der Waals surface area contributed by atoms with Crippen LogP contribution in [0.25, 0.3) is 6.08 Å². The Hall–Kier alpha value is -2.80. The summed E-state index contributed by atoms with van der Waals surface area (Å²) >= 11 is 0. The third kappa shape index (κ3) is 3.04. The van der Waals surface area contributed by atoms with E-state index in [9.17, 15) is 0 Å². The maximum absolute atomic E-state index is 3.32. The van der Waals surface area contributed by atoms with Gasteiger partial charge in [-0.3, -0.25) is 0 Å². The summed E-state index contributed by atoms with van der Waals surface area (Å²) in [4.78, 5) is 0. The Morgan fingerprint density at radius 1 is 0.783 bits per heavy atom. The molecule has 2 aliphatic rings. The second-order valence-corrected chi connectivity index (χ2v) is 6.00. The van der Waals surface area contributed by atoms with E-state index in [1.54, 1.807) is 0 Å². The Morgan fingerprint density at radius 2 is 1.48 bits per heavy atom. The highest BCUT2D eigenvalue weighted by Gasteiger charge is 2.17. The van der Waals surface area contributed by atoms with Gasteiger partial charge in [0.15, 0.2) is 0 Å². The number of hydrogen-bond donors (Lipinski definition) is 1. The van der Waals surface area contributed by atoms with E-state index in [1.807, 2.05) is 12.3 Å². The minimum absolute atomic E-state index is 1.07. The lowest BCUT2D eigenvalue weighted by Gasteiger charge is -2.11. The molecular weight excluding hydrogens is 278 g/mol. The van der Waals surface area contributed by atoms with E-state index in [0.717, 1.165) is 18.5 Å². The van der Waals surface area contributed by atoms with Gasteiger partial charge in [-0.25, -0.2) is 0 Å². The number of benzene rings is 2. The van der Waals surface area contributed by atoms with Gasteiger partial charge >= 0.3 is 0 Å². The molecule has 0 aromatic heterocycles. The first-order chi connectivity index (χ1) is 11.4. The van der Waals surface area contributed by atoms with Crippen LogP contribution < -0.4 is 5.32 Å². The van der Waals surface area contributed by atoms with Crippen molar-refractivity contribution in [3.05, 3.63) is 113 Å². The van der Waals surface area contributed by atoms with Crippen molar-refractivity contribution >= 4 is 6.08 Å². The Kier molecular flexibility index (Phi) is 3.69. The van der Waals surface area contributed by atoms with Crippen molar-refractivity contribution in [3.8, 4) is 0 Å². The molecule has 0 amide bonds. The second kappa shape index (κ2) is 6.13. The summed E-state index contributed by atoms with van der Waals surface area (Å²) in [6, 6.07) is 19.1. The summed E-state index contributed by atoms with van der Waals surface area (Å²) in [7, 11) is 0. The third-order valence-corrected chi connectivity index (χ3v) is 4.41. The van der Waals surface area contributed by atoms with E-state index in [-0.39, 0.29) is 0 Å².